The standard InChI is InChI=1S/C19H20N2O/c22-19(21-12-10-15-6-2-4-8-18(15)21)13-17-16-7-3-1-5-14(16)9-11-20-17/h1-8,17,20H,9-13H2. The third-order valence-corrected chi connectivity index (χ3v) is 4.78. The largest absolute Gasteiger partial charge is 0.312 e. The van der Waals surface area contributed by atoms with Crippen molar-refractivity contribution in [3.63, 3.8) is 0 Å². The number of para-hydroxylation sites is 1. The molecular formula is C19H20N2O. The molecule has 3 heteroatoms. The van der Waals surface area contributed by atoms with E-state index in [-0.39, 0.29) is 11.9 Å². The average Bonchev–Trinajstić information content (AvgIpc) is 2.99. The number of hydrogen-bond donors (Lipinski definition) is 1. The summed E-state index contributed by atoms with van der Waals surface area (Å²) in [5.74, 6) is 0.221. The maximum absolute atomic E-state index is 12.8. The summed E-state index contributed by atoms with van der Waals surface area (Å²) in [7, 11) is 0. The smallest absolute Gasteiger partial charge is 0.228 e. The van der Waals surface area contributed by atoms with Crippen molar-refractivity contribution >= 4 is 11.6 Å². The highest BCUT2D eigenvalue weighted by atomic mass is 16.2. The van der Waals surface area contributed by atoms with Crippen molar-refractivity contribution < 1.29 is 4.79 Å². The highest BCUT2D eigenvalue weighted by Crippen LogP contribution is 2.31. The van der Waals surface area contributed by atoms with E-state index in [9.17, 15) is 4.79 Å². The summed E-state index contributed by atoms with van der Waals surface area (Å²) in [4.78, 5) is 14.7. The van der Waals surface area contributed by atoms with Crippen LogP contribution in [0.2, 0.25) is 0 Å². The van der Waals surface area contributed by atoms with E-state index in [2.05, 4.69) is 41.7 Å². The van der Waals surface area contributed by atoms with Crippen molar-refractivity contribution in [1.82, 2.24) is 5.32 Å². The first-order valence-electron chi connectivity index (χ1n) is 8.02. The fraction of sp³-hybridized carbons (Fsp3) is 0.316. The molecule has 3 nitrogen and oxygen atoms in total. The lowest BCUT2D eigenvalue weighted by atomic mass is 9.92. The summed E-state index contributed by atoms with van der Waals surface area (Å²) >= 11 is 0. The Bertz CT molecular complexity index is 710. The van der Waals surface area contributed by atoms with Crippen LogP contribution < -0.4 is 10.2 Å². The van der Waals surface area contributed by atoms with E-state index in [0.29, 0.717) is 6.42 Å². The molecular weight excluding hydrogens is 272 g/mol. The number of carbonyl (C=O) groups is 1. The molecule has 1 atom stereocenters. The molecule has 0 saturated heterocycles. The average molecular weight is 292 g/mol. The number of nitrogens with zero attached hydrogens (tertiary/aromatic N) is 1. The third-order valence-electron chi connectivity index (χ3n) is 4.78. The van der Waals surface area contributed by atoms with Crippen molar-refractivity contribution in [3.8, 4) is 0 Å². The number of nitrogens with one attached hydrogen (secondary N) is 1. The van der Waals surface area contributed by atoms with Gasteiger partial charge >= 0.3 is 0 Å². The lowest BCUT2D eigenvalue weighted by Crippen LogP contribution is -2.36. The molecule has 0 aromatic heterocycles. The molecule has 2 aliphatic rings. The van der Waals surface area contributed by atoms with Gasteiger partial charge in [-0.15, -0.1) is 0 Å². The molecule has 0 saturated carbocycles. The van der Waals surface area contributed by atoms with Crippen molar-refractivity contribution in [2.24, 2.45) is 0 Å². The Morgan fingerprint density at radius 2 is 1.82 bits per heavy atom. The topological polar surface area (TPSA) is 32.3 Å². The lowest BCUT2D eigenvalue weighted by molar-refractivity contribution is -0.119. The minimum atomic E-state index is 0.144. The van der Waals surface area contributed by atoms with Gasteiger partial charge in [0.15, 0.2) is 0 Å². The van der Waals surface area contributed by atoms with Gasteiger partial charge in [0.2, 0.25) is 5.91 Å². The Hall–Kier alpha value is -2.13. The summed E-state index contributed by atoms with van der Waals surface area (Å²) in [6, 6.07) is 16.9. The number of hydrogen-bond acceptors (Lipinski definition) is 2. The van der Waals surface area contributed by atoms with E-state index in [0.717, 1.165) is 31.6 Å². The van der Waals surface area contributed by atoms with Crippen LogP contribution in [0.4, 0.5) is 5.69 Å². The van der Waals surface area contributed by atoms with Gasteiger partial charge in [0.25, 0.3) is 0 Å². The Kier molecular flexibility index (Phi) is 3.43. The molecule has 112 valence electrons. The molecule has 2 heterocycles. The van der Waals surface area contributed by atoms with Gasteiger partial charge in [0.1, 0.15) is 0 Å². The van der Waals surface area contributed by atoms with E-state index in [1.165, 1.54) is 16.7 Å². The predicted octanol–water partition coefficient (Wildman–Crippen LogP) is 2.85. The molecule has 0 spiro atoms. The minimum Gasteiger partial charge on any atom is -0.312 e. The zero-order valence-electron chi connectivity index (χ0n) is 12.6. The second-order valence-corrected chi connectivity index (χ2v) is 6.08. The summed E-state index contributed by atoms with van der Waals surface area (Å²) in [5, 5.41) is 3.51. The molecule has 2 aliphatic heterocycles. The maximum Gasteiger partial charge on any atom is 0.228 e. The number of benzene rings is 2. The molecule has 22 heavy (non-hydrogen) atoms. The molecule has 0 bridgehead atoms. The second-order valence-electron chi connectivity index (χ2n) is 6.08. The molecule has 0 aliphatic carbocycles. The van der Waals surface area contributed by atoms with Crippen LogP contribution in [0, 0.1) is 0 Å². The van der Waals surface area contributed by atoms with Crippen LogP contribution in [-0.2, 0) is 17.6 Å². The number of carbonyl (C=O) groups excluding carboxylic acids is 1. The minimum absolute atomic E-state index is 0.144. The van der Waals surface area contributed by atoms with E-state index < -0.39 is 0 Å². The van der Waals surface area contributed by atoms with Crippen LogP contribution in [0.25, 0.3) is 0 Å². The van der Waals surface area contributed by atoms with Crippen LogP contribution in [0.15, 0.2) is 48.5 Å². The molecule has 4 rings (SSSR count). The molecule has 2 aromatic carbocycles. The molecule has 1 unspecified atom stereocenters. The van der Waals surface area contributed by atoms with Crippen molar-refractivity contribution in [3.05, 3.63) is 65.2 Å². The summed E-state index contributed by atoms with van der Waals surface area (Å²) in [5.41, 5.74) is 5.04. The number of anilines is 1. The summed E-state index contributed by atoms with van der Waals surface area (Å²) in [6.07, 6.45) is 2.55. The lowest BCUT2D eigenvalue weighted by Gasteiger charge is -2.28. The zero-order chi connectivity index (χ0) is 14.9. The van der Waals surface area contributed by atoms with Crippen LogP contribution in [0.3, 0.4) is 0 Å². The molecule has 2 aromatic rings. The quantitative estimate of drug-likeness (QED) is 0.923. The Morgan fingerprint density at radius 1 is 1.05 bits per heavy atom. The van der Waals surface area contributed by atoms with E-state index in [1.807, 2.05) is 17.0 Å². The van der Waals surface area contributed by atoms with Crippen molar-refractivity contribution in [2.75, 3.05) is 18.0 Å². The molecule has 1 N–H and O–H groups in total. The zero-order valence-corrected chi connectivity index (χ0v) is 12.6. The number of amides is 1. The van der Waals surface area contributed by atoms with Gasteiger partial charge in [0.05, 0.1) is 0 Å². The SMILES string of the molecule is O=C(CC1NCCc2ccccc21)N1CCc2ccccc21. The number of rotatable bonds is 2. The Morgan fingerprint density at radius 3 is 2.73 bits per heavy atom. The fourth-order valence-corrected chi connectivity index (χ4v) is 3.66. The van der Waals surface area contributed by atoms with Crippen molar-refractivity contribution in [2.45, 2.75) is 25.3 Å². The van der Waals surface area contributed by atoms with Gasteiger partial charge in [-0.3, -0.25) is 4.79 Å². The van der Waals surface area contributed by atoms with Gasteiger partial charge in [-0.25, -0.2) is 0 Å². The fourth-order valence-electron chi connectivity index (χ4n) is 3.66. The van der Waals surface area contributed by atoms with Gasteiger partial charge in [-0.05, 0) is 42.1 Å². The van der Waals surface area contributed by atoms with Crippen LogP contribution >= 0.6 is 0 Å². The van der Waals surface area contributed by atoms with Gasteiger partial charge < -0.3 is 10.2 Å². The van der Waals surface area contributed by atoms with Gasteiger partial charge in [0, 0.05) is 24.7 Å². The third kappa shape index (κ3) is 2.32. The highest BCUT2D eigenvalue weighted by Gasteiger charge is 2.28. The first kappa shape index (κ1) is 13.5. The van der Waals surface area contributed by atoms with Gasteiger partial charge in [-0.2, -0.15) is 0 Å². The summed E-state index contributed by atoms with van der Waals surface area (Å²) < 4.78 is 0. The monoisotopic (exact) mass is 292 g/mol. The van der Waals surface area contributed by atoms with E-state index in [4.69, 9.17) is 0 Å². The Balaban J connectivity index is 1.54. The van der Waals surface area contributed by atoms with E-state index in [1.54, 1.807) is 0 Å². The maximum atomic E-state index is 12.8. The molecule has 1 amide bonds. The van der Waals surface area contributed by atoms with Gasteiger partial charge in [-0.1, -0.05) is 42.5 Å². The molecule has 0 fully saturated rings. The highest BCUT2D eigenvalue weighted by molar-refractivity contribution is 5.95. The van der Waals surface area contributed by atoms with E-state index >= 15 is 0 Å². The predicted molar refractivity (Wildman–Crippen MR) is 88.0 cm³/mol. The first-order valence-corrected chi connectivity index (χ1v) is 8.02. The first-order chi connectivity index (χ1) is 10.8. The second kappa shape index (κ2) is 5.58. The summed E-state index contributed by atoms with van der Waals surface area (Å²) in [6.45, 7) is 1.76. The number of fused-ring (bicyclic) bond motifs is 2. The Labute approximate surface area is 131 Å². The molecule has 0 radical (unpaired) electrons. The van der Waals surface area contributed by atoms with Crippen LogP contribution in [0.5, 0.6) is 0 Å². The van der Waals surface area contributed by atoms with Crippen LogP contribution in [0.1, 0.15) is 29.2 Å². The van der Waals surface area contributed by atoms with Crippen molar-refractivity contribution in [1.29, 1.82) is 0 Å². The normalized spacial score (nSPS) is 19.6. The van der Waals surface area contributed by atoms with Crippen LogP contribution in [-0.4, -0.2) is 19.0 Å².